The number of hydrogen-bond acceptors (Lipinski definition) is 6. The summed E-state index contributed by atoms with van der Waals surface area (Å²) >= 11 is 3.19. The summed E-state index contributed by atoms with van der Waals surface area (Å²) in [6.07, 6.45) is 1.84. The van der Waals surface area contributed by atoms with Crippen LogP contribution in [0.4, 0.5) is 5.82 Å². The lowest BCUT2D eigenvalue weighted by Gasteiger charge is -2.24. The summed E-state index contributed by atoms with van der Waals surface area (Å²) in [5.74, 6) is 3.18. The van der Waals surface area contributed by atoms with Gasteiger partial charge in [0.15, 0.2) is 0 Å². The lowest BCUT2D eigenvalue weighted by molar-refractivity contribution is -0.113. The van der Waals surface area contributed by atoms with E-state index in [0.717, 1.165) is 29.7 Å². The van der Waals surface area contributed by atoms with Crippen LogP contribution in [0, 0.1) is 0 Å². The molecule has 1 saturated heterocycles. The number of anilines is 1. The standard InChI is InChI=1S/C21H22N4O4S2/c1-29-13-2-3-15-11(8-13)9-14(20(27)22-15)18-17-19(23-16(26)10-31-18)25(24-21(17)28)12-4-6-30-7-5-12/h2-3,8-9,12,18H,4-7,10H2,1H3,(H,22,27)(H,23,26)(H,24,28)/t18-/m0/s1. The molecule has 162 valence electrons. The number of fused-ring (bicyclic) bond motifs is 2. The maximum absolute atomic E-state index is 13.1. The van der Waals surface area contributed by atoms with E-state index in [4.69, 9.17) is 4.74 Å². The number of thioether (sulfide) groups is 2. The van der Waals surface area contributed by atoms with Gasteiger partial charge in [-0.25, -0.2) is 0 Å². The number of amides is 1. The molecule has 2 aliphatic heterocycles. The Hall–Kier alpha value is -2.59. The van der Waals surface area contributed by atoms with E-state index >= 15 is 0 Å². The molecule has 5 rings (SSSR count). The maximum Gasteiger partial charge on any atom is 0.270 e. The molecular formula is C21H22N4O4S2. The van der Waals surface area contributed by atoms with Gasteiger partial charge in [0.1, 0.15) is 11.6 Å². The summed E-state index contributed by atoms with van der Waals surface area (Å²) in [7, 11) is 1.59. The van der Waals surface area contributed by atoms with E-state index in [1.54, 1.807) is 25.3 Å². The molecule has 31 heavy (non-hydrogen) atoms. The smallest absolute Gasteiger partial charge is 0.270 e. The van der Waals surface area contributed by atoms with E-state index in [-0.39, 0.29) is 28.8 Å². The highest BCUT2D eigenvalue weighted by atomic mass is 32.2. The number of H-pyrrole nitrogens is 2. The van der Waals surface area contributed by atoms with Crippen molar-refractivity contribution in [3.8, 4) is 5.75 Å². The number of aromatic amines is 2. The first-order valence-corrected chi connectivity index (χ1v) is 12.3. The van der Waals surface area contributed by atoms with Gasteiger partial charge in [0.25, 0.3) is 11.1 Å². The van der Waals surface area contributed by atoms with Crippen molar-refractivity contribution in [3.05, 3.63) is 56.1 Å². The zero-order valence-corrected chi connectivity index (χ0v) is 18.5. The average molecular weight is 459 g/mol. The molecule has 0 bridgehead atoms. The van der Waals surface area contributed by atoms with E-state index in [9.17, 15) is 14.4 Å². The van der Waals surface area contributed by atoms with E-state index in [1.165, 1.54) is 11.8 Å². The first kappa shape index (κ1) is 20.3. The SMILES string of the molecule is COc1ccc2[nH]c(=O)c([C@@H]3SCC(=O)Nc4c3c(=O)[nH]n4C3CCSCC3)cc2c1. The van der Waals surface area contributed by atoms with Gasteiger partial charge in [-0.15, -0.1) is 11.8 Å². The molecule has 3 aromatic rings. The van der Waals surface area contributed by atoms with Crippen LogP contribution in [0.5, 0.6) is 5.75 Å². The molecule has 2 aromatic heterocycles. The number of benzene rings is 1. The highest BCUT2D eigenvalue weighted by Crippen LogP contribution is 2.41. The van der Waals surface area contributed by atoms with Crippen LogP contribution in [0.1, 0.15) is 35.3 Å². The number of methoxy groups -OCH3 is 1. The molecule has 1 atom stereocenters. The lowest BCUT2D eigenvalue weighted by atomic mass is 10.0. The average Bonchev–Trinajstić information content (AvgIpc) is 2.99. The van der Waals surface area contributed by atoms with E-state index in [1.807, 2.05) is 22.5 Å². The van der Waals surface area contributed by atoms with Gasteiger partial charge in [0.05, 0.1) is 29.7 Å². The van der Waals surface area contributed by atoms with Gasteiger partial charge in [-0.2, -0.15) is 11.8 Å². The Bertz CT molecular complexity index is 1270. The predicted molar refractivity (Wildman–Crippen MR) is 125 cm³/mol. The number of ether oxygens (including phenoxy) is 1. The molecular weight excluding hydrogens is 436 g/mol. The molecule has 10 heteroatoms. The molecule has 2 aliphatic rings. The van der Waals surface area contributed by atoms with Crippen LogP contribution in [-0.2, 0) is 4.79 Å². The second-order valence-electron chi connectivity index (χ2n) is 7.66. The monoisotopic (exact) mass is 458 g/mol. The number of hydrogen-bond donors (Lipinski definition) is 3. The first-order valence-electron chi connectivity index (χ1n) is 10.1. The highest BCUT2D eigenvalue weighted by Gasteiger charge is 2.34. The van der Waals surface area contributed by atoms with Crippen molar-refractivity contribution in [1.29, 1.82) is 0 Å². The van der Waals surface area contributed by atoms with Crippen molar-refractivity contribution in [2.45, 2.75) is 24.1 Å². The summed E-state index contributed by atoms with van der Waals surface area (Å²) in [6.45, 7) is 0. The molecule has 8 nitrogen and oxygen atoms in total. The van der Waals surface area contributed by atoms with Crippen molar-refractivity contribution in [2.75, 3.05) is 29.7 Å². The Morgan fingerprint density at radius 1 is 1.10 bits per heavy atom. The lowest BCUT2D eigenvalue weighted by Crippen LogP contribution is -2.22. The number of carbonyl (C=O) groups is 1. The second-order valence-corrected chi connectivity index (χ2v) is 9.98. The molecule has 1 fully saturated rings. The molecule has 1 amide bonds. The largest absolute Gasteiger partial charge is 0.497 e. The molecule has 0 radical (unpaired) electrons. The van der Waals surface area contributed by atoms with Crippen LogP contribution < -0.4 is 21.2 Å². The zero-order chi connectivity index (χ0) is 21.5. The summed E-state index contributed by atoms with van der Waals surface area (Å²) in [6, 6.07) is 7.34. The molecule has 1 aromatic carbocycles. The third-order valence-electron chi connectivity index (χ3n) is 5.78. The van der Waals surface area contributed by atoms with Crippen molar-refractivity contribution in [2.24, 2.45) is 0 Å². The fourth-order valence-corrected chi connectivity index (χ4v) is 6.44. The van der Waals surface area contributed by atoms with Gasteiger partial charge in [-0.05, 0) is 48.6 Å². The van der Waals surface area contributed by atoms with Crippen molar-refractivity contribution < 1.29 is 9.53 Å². The minimum absolute atomic E-state index is 0.126. The maximum atomic E-state index is 13.1. The molecule has 0 spiro atoms. The molecule has 3 N–H and O–H groups in total. The summed E-state index contributed by atoms with van der Waals surface area (Å²) in [5.41, 5.74) is 1.04. The van der Waals surface area contributed by atoms with Crippen molar-refractivity contribution >= 4 is 46.2 Å². The summed E-state index contributed by atoms with van der Waals surface area (Å²) in [5, 5.41) is 6.10. The fraction of sp³-hybridized carbons (Fsp3) is 0.381. The number of aromatic nitrogens is 3. The van der Waals surface area contributed by atoms with Gasteiger partial charge in [-0.3, -0.25) is 24.2 Å². The zero-order valence-electron chi connectivity index (χ0n) is 16.9. The number of nitrogens with zero attached hydrogens (tertiary/aromatic N) is 1. The molecule has 0 saturated carbocycles. The Labute approximate surface area is 186 Å². The van der Waals surface area contributed by atoms with E-state index in [2.05, 4.69) is 15.4 Å². The van der Waals surface area contributed by atoms with Crippen LogP contribution in [0.15, 0.2) is 33.9 Å². The van der Waals surface area contributed by atoms with Gasteiger partial charge in [-0.1, -0.05) is 0 Å². The Morgan fingerprint density at radius 2 is 1.90 bits per heavy atom. The third-order valence-corrected chi connectivity index (χ3v) is 8.08. The first-order chi connectivity index (χ1) is 15.0. The number of pyridine rings is 1. The molecule has 4 heterocycles. The van der Waals surface area contributed by atoms with Crippen LogP contribution in [0.2, 0.25) is 0 Å². The topological polar surface area (TPSA) is 109 Å². The van der Waals surface area contributed by atoms with Gasteiger partial charge >= 0.3 is 0 Å². The number of nitrogens with one attached hydrogen (secondary N) is 3. The van der Waals surface area contributed by atoms with E-state index in [0.29, 0.717) is 28.2 Å². The normalized spacial score (nSPS) is 19.6. The van der Waals surface area contributed by atoms with Crippen LogP contribution in [0.3, 0.4) is 0 Å². The van der Waals surface area contributed by atoms with E-state index < -0.39 is 5.25 Å². The minimum Gasteiger partial charge on any atom is -0.497 e. The Morgan fingerprint density at radius 3 is 2.68 bits per heavy atom. The summed E-state index contributed by atoms with van der Waals surface area (Å²) < 4.78 is 7.12. The highest BCUT2D eigenvalue weighted by molar-refractivity contribution is 8.00. The van der Waals surface area contributed by atoms with Gasteiger partial charge in [0, 0.05) is 16.5 Å². The number of rotatable bonds is 3. The third kappa shape index (κ3) is 3.67. The van der Waals surface area contributed by atoms with Crippen molar-refractivity contribution in [3.63, 3.8) is 0 Å². The van der Waals surface area contributed by atoms with Gasteiger partial charge < -0.3 is 15.0 Å². The van der Waals surface area contributed by atoms with Crippen molar-refractivity contribution in [1.82, 2.24) is 14.8 Å². The summed E-state index contributed by atoms with van der Waals surface area (Å²) in [4.78, 5) is 41.4. The number of carbonyl (C=O) groups excluding carboxylic acids is 1. The Kier molecular flexibility index (Phi) is 5.35. The van der Waals surface area contributed by atoms with Crippen LogP contribution in [0.25, 0.3) is 10.9 Å². The second kappa shape index (κ2) is 8.16. The fourth-order valence-electron chi connectivity index (χ4n) is 4.23. The van der Waals surface area contributed by atoms with Crippen LogP contribution in [-0.4, -0.2) is 45.0 Å². The quantitative estimate of drug-likeness (QED) is 0.557. The molecule has 0 unspecified atom stereocenters. The minimum atomic E-state index is -0.559. The predicted octanol–water partition coefficient (Wildman–Crippen LogP) is 2.87. The van der Waals surface area contributed by atoms with Crippen LogP contribution >= 0.6 is 23.5 Å². The van der Waals surface area contributed by atoms with Gasteiger partial charge in [0.2, 0.25) is 5.91 Å². The molecule has 0 aliphatic carbocycles. The Balaban J connectivity index is 1.67.